The fourth-order valence-electron chi connectivity index (χ4n) is 1.45. The lowest BCUT2D eigenvalue weighted by molar-refractivity contribution is -0.118. The molecule has 13 heavy (non-hydrogen) atoms. The van der Waals surface area contributed by atoms with Gasteiger partial charge in [0.1, 0.15) is 0 Å². The highest BCUT2D eigenvalue weighted by Gasteiger charge is 2.16. The van der Waals surface area contributed by atoms with E-state index in [9.17, 15) is 4.79 Å². The fourth-order valence-corrected chi connectivity index (χ4v) is 2.61. The molecule has 1 N–H and O–H groups in total. The molecule has 0 aromatic carbocycles. The van der Waals surface area contributed by atoms with Crippen LogP contribution in [0.3, 0.4) is 0 Å². The molecule has 1 aliphatic carbocycles. The van der Waals surface area contributed by atoms with Gasteiger partial charge in [0.2, 0.25) is 5.91 Å². The topological polar surface area (TPSA) is 29.1 Å². The summed E-state index contributed by atoms with van der Waals surface area (Å²) in [6, 6.07) is 0. The summed E-state index contributed by atoms with van der Waals surface area (Å²) in [5.41, 5.74) is 0. The van der Waals surface area contributed by atoms with Gasteiger partial charge in [0, 0.05) is 5.25 Å². The Balaban J connectivity index is 2.04. The van der Waals surface area contributed by atoms with Crippen LogP contribution in [0.15, 0.2) is 0 Å². The number of nitrogens with one attached hydrogen (secondary N) is 1. The van der Waals surface area contributed by atoms with Gasteiger partial charge < -0.3 is 5.32 Å². The van der Waals surface area contributed by atoms with Gasteiger partial charge in [-0.05, 0) is 12.8 Å². The van der Waals surface area contributed by atoms with Crippen molar-refractivity contribution in [2.45, 2.75) is 30.9 Å². The van der Waals surface area contributed by atoms with E-state index in [1.165, 1.54) is 25.7 Å². The monoisotopic (exact) mass is 197 g/mol. The standard InChI is InChI=1S/C10H15NOS/c1-2-7-11-10(12)8-13-9-5-3-4-6-9/h1,9H,3-8H2,(H,11,12). The smallest absolute Gasteiger partial charge is 0.230 e. The van der Waals surface area contributed by atoms with E-state index in [1.807, 2.05) is 0 Å². The highest BCUT2D eigenvalue weighted by atomic mass is 32.2. The van der Waals surface area contributed by atoms with E-state index in [0.717, 1.165) is 0 Å². The molecule has 0 spiro atoms. The first-order chi connectivity index (χ1) is 6.33. The van der Waals surface area contributed by atoms with Gasteiger partial charge in [-0.3, -0.25) is 4.79 Å². The van der Waals surface area contributed by atoms with Crippen molar-refractivity contribution in [3.05, 3.63) is 0 Å². The molecule has 0 unspecified atom stereocenters. The molecule has 3 heteroatoms. The Morgan fingerprint density at radius 2 is 2.23 bits per heavy atom. The summed E-state index contributed by atoms with van der Waals surface area (Å²) in [5.74, 6) is 3.01. The zero-order valence-electron chi connectivity index (χ0n) is 7.71. The second kappa shape index (κ2) is 5.93. The zero-order chi connectivity index (χ0) is 9.52. The Morgan fingerprint density at radius 3 is 2.85 bits per heavy atom. The van der Waals surface area contributed by atoms with Crippen molar-refractivity contribution in [2.75, 3.05) is 12.3 Å². The first-order valence-corrected chi connectivity index (χ1v) is 5.69. The average molecular weight is 197 g/mol. The predicted molar refractivity (Wildman–Crippen MR) is 56.6 cm³/mol. The molecule has 2 nitrogen and oxygen atoms in total. The van der Waals surface area contributed by atoms with E-state index in [1.54, 1.807) is 11.8 Å². The van der Waals surface area contributed by atoms with Crippen molar-refractivity contribution in [1.29, 1.82) is 0 Å². The van der Waals surface area contributed by atoms with E-state index in [-0.39, 0.29) is 5.91 Å². The number of carbonyl (C=O) groups is 1. The van der Waals surface area contributed by atoms with Crippen molar-refractivity contribution in [2.24, 2.45) is 0 Å². The second-order valence-electron chi connectivity index (χ2n) is 3.20. The van der Waals surface area contributed by atoms with Gasteiger partial charge in [0.15, 0.2) is 0 Å². The molecule has 72 valence electrons. The highest BCUT2D eigenvalue weighted by Crippen LogP contribution is 2.28. The summed E-state index contributed by atoms with van der Waals surface area (Å²) in [6.07, 6.45) is 10.2. The van der Waals surface area contributed by atoms with Gasteiger partial charge in [-0.2, -0.15) is 0 Å². The number of thioether (sulfide) groups is 1. The molecule has 0 atom stereocenters. The molecule has 1 aliphatic rings. The van der Waals surface area contributed by atoms with Crippen molar-refractivity contribution >= 4 is 17.7 Å². The van der Waals surface area contributed by atoms with Crippen LogP contribution in [0.4, 0.5) is 0 Å². The zero-order valence-corrected chi connectivity index (χ0v) is 8.53. The lowest BCUT2D eigenvalue weighted by Crippen LogP contribution is -2.25. The average Bonchev–Trinajstić information content (AvgIpc) is 2.64. The van der Waals surface area contributed by atoms with Crippen LogP contribution in [0.25, 0.3) is 0 Å². The minimum Gasteiger partial charge on any atom is -0.344 e. The number of carbonyl (C=O) groups excluding carboxylic acids is 1. The second-order valence-corrected chi connectivity index (χ2v) is 4.49. The summed E-state index contributed by atoms with van der Waals surface area (Å²) in [6.45, 7) is 0.351. The Hall–Kier alpha value is -0.620. The molecule has 1 saturated carbocycles. The van der Waals surface area contributed by atoms with Crippen LogP contribution in [0, 0.1) is 12.3 Å². The summed E-state index contributed by atoms with van der Waals surface area (Å²) in [7, 11) is 0. The maximum atomic E-state index is 11.1. The molecule has 0 aromatic heterocycles. The van der Waals surface area contributed by atoms with Gasteiger partial charge in [0.05, 0.1) is 12.3 Å². The van der Waals surface area contributed by atoms with E-state index >= 15 is 0 Å². The molecule has 1 rings (SSSR count). The molecule has 1 amide bonds. The van der Waals surface area contributed by atoms with Gasteiger partial charge in [-0.25, -0.2) is 0 Å². The Morgan fingerprint density at radius 1 is 1.54 bits per heavy atom. The molecular weight excluding hydrogens is 182 g/mol. The lowest BCUT2D eigenvalue weighted by atomic mass is 10.4. The summed E-state index contributed by atoms with van der Waals surface area (Å²) < 4.78 is 0. The minimum atomic E-state index is 0.0647. The summed E-state index contributed by atoms with van der Waals surface area (Å²) >= 11 is 1.76. The molecule has 0 aromatic rings. The van der Waals surface area contributed by atoms with Crippen LogP contribution in [0.1, 0.15) is 25.7 Å². The third-order valence-corrected chi connectivity index (χ3v) is 3.51. The van der Waals surface area contributed by atoms with E-state index in [2.05, 4.69) is 11.2 Å². The molecule has 0 saturated heterocycles. The Kier molecular flexibility index (Phi) is 4.77. The number of hydrogen-bond donors (Lipinski definition) is 1. The fraction of sp³-hybridized carbons (Fsp3) is 0.700. The SMILES string of the molecule is C#CCNC(=O)CSC1CCCC1. The predicted octanol–water partition coefficient (Wildman–Crippen LogP) is 1.41. The van der Waals surface area contributed by atoms with Crippen molar-refractivity contribution < 1.29 is 4.79 Å². The van der Waals surface area contributed by atoms with Crippen LogP contribution in [0.5, 0.6) is 0 Å². The Bertz CT molecular complexity index is 203. The van der Waals surface area contributed by atoms with Gasteiger partial charge in [-0.15, -0.1) is 18.2 Å². The maximum absolute atomic E-state index is 11.1. The van der Waals surface area contributed by atoms with E-state index in [0.29, 0.717) is 17.5 Å². The number of amides is 1. The molecule has 0 bridgehead atoms. The van der Waals surface area contributed by atoms with Crippen LogP contribution in [-0.2, 0) is 4.79 Å². The van der Waals surface area contributed by atoms with Crippen LogP contribution in [-0.4, -0.2) is 23.5 Å². The largest absolute Gasteiger partial charge is 0.344 e. The third kappa shape index (κ3) is 4.23. The van der Waals surface area contributed by atoms with Gasteiger partial charge in [0.25, 0.3) is 0 Å². The lowest BCUT2D eigenvalue weighted by Gasteiger charge is -2.07. The van der Waals surface area contributed by atoms with Crippen LogP contribution >= 0.6 is 11.8 Å². The molecule has 1 fully saturated rings. The van der Waals surface area contributed by atoms with Crippen molar-refractivity contribution in [3.8, 4) is 12.3 Å². The van der Waals surface area contributed by atoms with Crippen molar-refractivity contribution in [1.82, 2.24) is 5.32 Å². The summed E-state index contributed by atoms with van der Waals surface area (Å²) in [4.78, 5) is 11.1. The van der Waals surface area contributed by atoms with Crippen LogP contribution < -0.4 is 5.32 Å². The van der Waals surface area contributed by atoms with Gasteiger partial charge >= 0.3 is 0 Å². The quantitative estimate of drug-likeness (QED) is 0.690. The Labute approximate surface area is 83.9 Å². The normalized spacial score (nSPS) is 16.8. The number of hydrogen-bond acceptors (Lipinski definition) is 2. The first kappa shape index (κ1) is 10.5. The summed E-state index contributed by atoms with van der Waals surface area (Å²) in [5, 5.41) is 3.37. The van der Waals surface area contributed by atoms with Gasteiger partial charge in [-0.1, -0.05) is 18.8 Å². The van der Waals surface area contributed by atoms with Crippen molar-refractivity contribution in [3.63, 3.8) is 0 Å². The first-order valence-electron chi connectivity index (χ1n) is 4.64. The molecule has 0 heterocycles. The van der Waals surface area contributed by atoms with Crippen LogP contribution in [0.2, 0.25) is 0 Å². The number of rotatable bonds is 4. The maximum Gasteiger partial charge on any atom is 0.230 e. The van der Waals surface area contributed by atoms with E-state index < -0.39 is 0 Å². The molecular formula is C10H15NOS. The minimum absolute atomic E-state index is 0.0647. The third-order valence-electron chi connectivity index (χ3n) is 2.14. The number of terminal acetylenes is 1. The molecule has 0 aliphatic heterocycles. The highest BCUT2D eigenvalue weighted by molar-refractivity contribution is 8.00. The molecule has 0 radical (unpaired) electrons. The van der Waals surface area contributed by atoms with E-state index in [4.69, 9.17) is 6.42 Å².